The molecule has 0 aliphatic carbocycles. The Labute approximate surface area is 179 Å². The lowest BCUT2D eigenvalue weighted by atomic mass is 10.1. The average molecular weight is 409 g/mol. The summed E-state index contributed by atoms with van der Waals surface area (Å²) in [6, 6.07) is 30.9. The maximum Gasteiger partial charge on any atom is 0.194 e. The molecule has 0 N–H and O–H groups in total. The monoisotopic (exact) mass is 408 g/mol. The van der Waals surface area contributed by atoms with Gasteiger partial charge in [-0.25, -0.2) is 4.98 Å². The number of nitrogens with zero attached hydrogens (tertiary/aromatic N) is 4. The van der Waals surface area contributed by atoms with Crippen LogP contribution in [0.2, 0.25) is 0 Å². The standard InChI is InChI=1S/C25H20N4S/c1-4-10-20(11-5-1)19-29(22-14-8-3-9-15-22)26-18-23-24(21-12-6-2-7-13-21)27-25-28(23)16-17-30-25/h1-18H,19H2/b26-18+. The van der Waals surface area contributed by atoms with E-state index in [0.29, 0.717) is 6.54 Å². The highest BCUT2D eigenvalue weighted by atomic mass is 32.1. The Morgan fingerprint density at radius 2 is 1.53 bits per heavy atom. The van der Waals surface area contributed by atoms with E-state index in [2.05, 4.69) is 52.9 Å². The van der Waals surface area contributed by atoms with Crippen LogP contribution in [0.3, 0.4) is 0 Å². The van der Waals surface area contributed by atoms with Gasteiger partial charge in [0.2, 0.25) is 0 Å². The van der Waals surface area contributed by atoms with Gasteiger partial charge >= 0.3 is 0 Å². The summed E-state index contributed by atoms with van der Waals surface area (Å²) in [6.45, 7) is 0.688. The number of imidazole rings is 1. The third-order valence-corrected chi connectivity index (χ3v) is 5.65. The molecule has 0 radical (unpaired) electrons. The highest BCUT2D eigenvalue weighted by molar-refractivity contribution is 7.15. The maximum atomic E-state index is 4.90. The van der Waals surface area contributed by atoms with Gasteiger partial charge in [-0.3, -0.25) is 9.41 Å². The third kappa shape index (κ3) is 3.75. The maximum absolute atomic E-state index is 4.90. The minimum absolute atomic E-state index is 0.688. The topological polar surface area (TPSA) is 32.9 Å². The first-order chi connectivity index (χ1) is 14.9. The Bertz CT molecular complexity index is 1260. The molecule has 0 saturated carbocycles. The third-order valence-electron chi connectivity index (χ3n) is 4.90. The highest BCUT2D eigenvalue weighted by Gasteiger charge is 2.14. The molecule has 146 valence electrons. The van der Waals surface area contributed by atoms with Crippen LogP contribution < -0.4 is 5.01 Å². The van der Waals surface area contributed by atoms with Gasteiger partial charge in [-0.15, -0.1) is 11.3 Å². The normalized spacial score (nSPS) is 11.3. The van der Waals surface area contributed by atoms with Crippen molar-refractivity contribution < 1.29 is 0 Å². The molecular weight excluding hydrogens is 388 g/mol. The summed E-state index contributed by atoms with van der Waals surface area (Å²) < 4.78 is 2.10. The van der Waals surface area contributed by atoms with E-state index in [9.17, 15) is 0 Å². The largest absolute Gasteiger partial charge is 0.289 e. The van der Waals surface area contributed by atoms with Crippen molar-refractivity contribution in [2.75, 3.05) is 5.01 Å². The lowest BCUT2D eigenvalue weighted by molar-refractivity contribution is 0.858. The lowest BCUT2D eigenvalue weighted by Gasteiger charge is -2.19. The Kier molecular flexibility index (Phi) is 5.10. The average Bonchev–Trinajstić information content (AvgIpc) is 3.40. The lowest BCUT2D eigenvalue weighted by Crippen LogP contribution is -2.16. The van der Waals surface area contributed by atoms with Crippen LogP contribution in [0.4, 0.5) is 5.69 Å². The molecule has 0 saturated heterocycles. The summed E-state index contributed by atoms with van der Waals surface area (Å²) in [7, 11) is 0. The second kappa shape index (κ2) is 8.35. The zero-order valence-corrected chi connectivity index (χ0v) is 17.1. The van der Waals surface area contributed by atoms with E-state index in [1.165, 1.54) is 5.56 Å². The van der Waals surface area contributed by atoms with E-state index >= 15 is 0 Å². The Hall–Kier alpha value is -3.70. The molecule has 4 nitrogen and oxygen atoms in total. The van der Waals surface area contributed by atoms with Gasteiger partial charge < -0.3 is 0 Å². The summed E-state index contributed by atoms with van der Waals surface area (Å²) in [5.41, 5.74) is 5.26. The van der Waals surface area contributed by atoms with Crippen molar-refractivity contribution in [3.8, 4) is 11.3 Å². The fourth-order valence-corrected chi connectivity index (χ4v) is 4.14. The molecule has 0 bridgehead atoms. The van der Waals surface area contributed by atoms with E-state index in [0.717, 1.165) is 27.6 Å². The molecule has 2 aromatic heterocycles. The SMILES string of the molecule is C(=N\N(Cc1ccccc1)c1ccccc1)/c1c(-c2ccccc2)nc2sccn12. The Morgan fingerprint density at radius 3 is 2.27 bits per heavy atom. The summed E-state index contributed by atoms with van der Waals surface area (Å²) in [5, 5.41) is 8.97. The smallest absolute Gasteiger partial charge is 0.194 e. The molecule has 0 fully saturated rings. The number of rotatable bonds is 6. The molecule has 3 aromatic carbocycles. The number of hydrazone groups is 1. The van der Waals surface area contributed by atoms with Crippen molar-refractivity contribution in [3.63, 3.8) is 0 Å². The van der Waals surface area contributed by atoms with Crippen molar-refractivity contribution in [3.05, 3.63) is 114 Å². The highest BCUT2D eigenvalue weighted by Crippen LogP contribution is 2.26. The summed E-state index contributed by atoms with van der Waals surface area (Å²) in [6.07, 6.45) is 3.97. The number of para-hydroxylation sites is 1. The molecule has 0 unspecified atom stereocenters. The second-order valence-electron chi connectivity index (χ2n) is 6.89. The van der Waals surface area contributed by atoms with Crippen LogP contribution in [0, 0.1) is 0 Å². The number of fused-ring (bicyclic) bond motifs is 1. The van der Waals surface area contributed by atoms with E-state index in [1.807, 2.05) is 65.3 Å². The van der Waals surface area contributed by atoms with Crippen LogP contribution >= 0.6 is 11.3 Å². The van der Waals surface area contributed by atoms with Gasteiger partial charge in [0, 0.05) is 17.1 Å². The number of aromatic nitrogens is 2. The molecule has 0 aliphatic rings. The van der Waals surface area contributed by atoms with Gasteiger partial charge in [0.1, 0.15) is 0 Å². The molecule has 0 aliphatic heterocycles. The quantitative estimate of drug-likeness (QED) is 0.251. The number of benzene rings is 3. The Morgan fingerprint density at radius 1 is 0.867 bits per heavy atom. The molecule has 0 amide bonds. The summed E-state index contributed by atoms with van der Waals surface area (Å²) >= 11 is 1.63. The minimum Gasteiger partial charge on any atom is -0.289 e. The molecule has 0 spiro atoms. The van der Waals surface area contributed by atoms with Crippen LogP contribution in [0.1, 0.15) is 11.3 Å². The van der Waals surface area contributed by atoms with Crippen molar-refractivity contribution in [1.29, 1.82) is 0 Å². The van der Waals surface area contributed by atoms with Gasteiger partial charge in [-0.2, -0.15) is 5.10 Å². The van der Waals surface area contributed by atoms with Crippen molar-refractivity contribution >= 4 is 28.2 Å². The number of hydrogen-bond donors (Lipinski definition) is 0. The van der Waals surface area contributed by atoms with Gasteiger partial charge in [0.15, 0.2) is 4.96 Å². The van der Waals surface area contributed by atoms with E-state index in [4.69, 9.17) is 10.1 Å². The zero-order chi connectivity index (χ0) is 20.2. The fraction of sp³-hybridized carbons (Fsp3) is 0.0400. The summed E-state index contributed by atoms with van der Waals surface area (Å²) in [5.74, 6) is 0. The molecule has 5 aromatic rings. The minimum atomic E-state index is 0.688. The van der Waals surface area contributed by atoms with Gasteiger partial charge in [0.25, 0.3) is 0 Å². The van der Waals surface area contributed by atoms with E-state index < -0.39 is 0 Å². The van der Waals surface area contributed by atoms with Crippen LogP contribution in [-0.2, 0) is 6.54 Å². The number of thiazole rings is 1. The molecule has 2 heterocycles. The van der Waals surface area contributed by atoms with Crippen LogP contribution in [-0.4, -0.2) is 15.6 Å². The van der Waals surface area contributed by atoms with Gasteiger partial charge in [-0.05, 0) is 17.7 Å². The van der Waals surface area contributed by atoms with Crippen molar-refractivity contribution in [2.45, 2.75) is 6.54 Å². The fourth-order valence-electron chi connectivity index (χ4n) is 3.41. The van der Waals surface area contributed by atoms with Crippen molar-refractivity contribution in [1.82, 2.24) is 9.38 Å². The molecule has 0 atom stereocenters. The van der Waals surface area contributed by atoms with Crippen molar-refractivity contribution in [2.24, 2.45) is 5.10 Å². The van der Waals surface area contributed by atoms with Gasteiger partial charge in [0.05, 0.1) is 29.8 Å². The summed E-state index contributed by atoms with van der Waals surface area (Å²) in [4.78, 5) is 5.81. The molecular formula is C25H20N4S. The number of hydrogen-bond acceptors (Lipinski definition) is 4. The number of anilines is 1. The van der Waals surface area contributed by atoms with Crippen LogP contribution in [0.15, 0.2) is 108 Å². The molecule has 30 heavy (non-hydrogen) atoms. The predicted molar refractivity (Wildman–Crippen MR) is 125 cm³/mol. The first-order valence-corrected chi connectivity index (χ1v) is 10.7. The Balaban J connectivity index is 1.56. The van der Waals surface area contributed by atoms with Crippen LogP contribution in [0.5, 0.6) is 0 Å². The predicted octanol–water partition coefficient (Wildman–Crippen LogP) is 6.10. The van der Waals surface area contributed by atoms with E-state index in [-0.39, 0.29) is 0 Å². The van der Waals surface area contributed by atoms with Crippen LogP contribution in [0.25, 0.3) is 16.2 Å². The molecule has 5 rings (SSSR count). The molecule has 5 heteroatoms. The zero-order valence-electron chi connectivity index (χ0n) is 16.3. The van der Waals surface area contributed by atoms with E-state index in [1.54, 1.807) is 11.3 Å². The second-order valence-corrected chi connectivity index (χ2v) is 7.76. The first kappa shape index (κ1) is 18.3. The first-order valence-electron chi connectivity index (χ1n) is 9.80. The van der Waals surface area contributed by atoms with Gasteiger partial charge in [-0.1, -0.05) is 78.9 Å².